The summed E-state index contributed by atoms with van der Waals surface area (Å²) in [5, 5.41) is 12.8. The highest BCUT2D eigenvalue weighted by Gasteiger charge is 2.33. The molecule has 0 saturated heterocycles. The number of carbonyl (C=O) groups is 3. The molecule has 0 atom stereocenters. The van der Waals surface area contributed by atoms with Gasteiger partial charge in [-0.1, -0.05) is 121 Å². The van der Waals surface area contributed by atoms with Crippen LogP contribution in [-0.4, -0.2) is 27.2 Å². The summed E-state index contributed by atoms with van der Waals surface area (Å²) in [6.45, 7) is 0. The molecule has 7 aromatic carbocycles. The lowest BCUT2D eigenvalue weighted by Gasteiger charge is -2.09. The molecule has 9 rings (SSSR count). The Bertz CT molecular complexity index is 2870. The Morgan fingerprint density at radius 3 is 1.83 bits per heavy atom. The Kier molecular flexibility index (Phi) is 8.02. The number of rotatable bonds is 7. The van der Waals surface area contributed by atoms with Gasteiger partial charge in [0.25, 0.3) is 0 Å². The molecule has 0 amide bonds. The lowest BCUT2D eigenvalue weighted by molar-refractivity contribution is 0.0696. The third kappa shape index (κ3) is 5.74. The van der Waals surface area contributed by atoms with Crippen LogP contribution in [0.25, 0.3) is 56.0 Å². The van der Waals surface area contributed by atoms with Crippen LogP contribution in [0.3, 0.4) is 0 Å². The Morgan fingerprint density at radius 2 is 1.15 bits per heavy atom. The second-order valence-electron chi connectivity index (χ2n) is 13.4. The normalized spacial score (nSPS) is 13.4. The van der Waals surface area contributed by atoms with E-state index in [-0.39, 0.29) is 22.7 Å². The first kappa shape index (κ1) is 32.5. The van der Waals surface area contributed by atoms with Crippen molar-refractivity contribution in [2.75, 3.05) is 0 Å². The van der Waals surface area contributed by atoms with Crippen molar-refractivity contribution in [1.82, 2.24) is 4.57 Å². The van der Waals surface area contributed by atoms with E-state index < -0.39 is 5.97 Å². The molecule has 0 bridgehead atoms. The van der Waals surface area contributed by atoms with Crippen LogP contribution in [0.5, 0.6) is 0 Å². The van der Waals surface area contributed by atoms with Crippen molar-refractivity contribution in [3.8, 4) is 5.69 Å². The van der Waals surface area contributed by atoms with Gasteiger partial charge in [-0.25, -0.2) is 4.79 Å². The van der Waals surface area contributed by atoms with Crippen molar-refractivity contribution >= 4 is 67.8 Å². The number of carboxylic acid groups (broad SMARTS) is 1. The van der Waals surface area contributed by atoms with E-state index in [1.54, 1.807) is 24.3 Å². The number of Topliss-reactive ketones (excluding diaryl/α,β-unsaturated/α-hetero) is 2. The first-order valence-corrected chi connectivity index (χ1v) is 17.7. The first-order chi connectivity index (χ1) is 26.4. The number of benzene rings is 7. The molecule has 1 N–H and O–H groups in total. The highest BCUT2D eigenvalue weighted by atomic mass is 16.4. The van der Waals surface area contributed by atoms with Gasteiger partial charge in [-0.05, 0) is 99.3 Å². The van der Waals surface area contributed by atoms with Crippen molar-refractivity contribution in [3.05, 3.63) is 214 Å². The summed E-state index contributed by atoms with van der Waals surface area (Å²) in [7, 11) is 0. The van der Waals surface area contributed by atoms with Gasteiger partial charge in [-0.15, -0.1) is 0 Å². The van der Waals surface area contributed by atoms with Gasteiger partial charge < -0.3 is 9.67 Å². The molecule has 1 heterocycles. The standard InChI is InChI=1S/C49H31NO4/c51-47-42-29-35-21-22-36(49(53)54)28-37(35)30-43(42)48(52)44(47)27-32-20-25-46-41(26-32)40-15-7-8-17-45(40)50(46)38-23-18-31(19-24-38)10-9-16-39(33-11-3-1-4-12-33)34-13-5-2-6-14-34/h1-30H,(H,53,54)/b10-9+,44-27-. The molecule has 0 radical (unpaired) electrons. The van der Waals surface area contributed by atoms with Gasteiger partial charge in [0.15, 0.2) is 11.6 Å². The summed E-state index contributed by atoms with van der Waals surface area (Å²) in [4.78, 5) is 38.6. The van der Waals surface area contributed by atoms with Crippen LogP contribution in [0.1, 0.15) is 53.3 Å². The zero-order valence-electron chi connectivity index (χ0n) is 28.9. The topological polar surface area (TPSA) is 76.4 Å². The van der Waals surface area contributed by atoms with Crippen LogP contribution in [0.4, 0.5) is 0 Å². The largest absolute Gasteiger partial charge is 0.478 e. The van der Waals surface area contributed by atoms with E-state index >= 15 is 0 Å². The van der Waals surface area contributed by atoms with Crippen LogP contribution in [0.15, 0.2) is 175 Å². The van der Waals surface area contributed by atoms with Crippen molar-refractivity contribution in [2.45, 2.75) is 0 Å². The molecule has 0 unspecified atom stereocenters. The van der Waals surface area contributed by atoms with Crippen molar-refractivity contribution < 1.29 is 19.5 Å². The second kappa shape index (κ2) is 13.3. The number of ketones is 2. The van der Waals surface area contributed by atoms with E-state index in [4.69, 9.17) is 0 Å². The molecular formula is C49H31NO4. The predicted molar refractivity (Wildman–Crippen MR) is 217 cm³/mol. The molecule has 1 aromatic heterocycles. The molecule has 1 aliphatic carbocycles. The maximum absolute atomic E-state index is 13.6. The van der Waals surface area contributed by atoms with Gasteiger partial charge in [-0.2, -0.15) is 0 Å². The van der Waals surface area contributed by atoms with Gasteiger partial charge >= 0.3 is 5.97 Å². The highest BCUT2D eigenvalue weighted by molar-refractivity contribution is 6.42. The predicted octanol–water partition coefficient (Wildman–Crippen LogP) is 11.2. The molecule has 5 heteroatoms. The van der Waals surface area contributed by atoms with Crippen LogP contribution in [0.2, 0.25) is 0 Å². The first-order valence-electron chi connectivity index (χ1n) is 17.7. The van der Waals surface area contributed by atoms with Gasteiger partial charge in [-0.3, -0.25) is 9.59 Å². The van der Waals surface area contributed by atoms with E-state index in [9.17, 15) is 19.5 Å². The summed E-state index contributed by atoms with van der Waals surface area (Å²) in [5.74, 6) is -1.74. The number of carbonyl (C=O) groups excluding carboxylic acids is 2. The minimum Gasteiger partial charge on any atom is -0.478 e. The molecule has 0 aliphatic heterocycles. The van der Waals surface area contributed by atoms with Gasteiger partial charge in [0.2, 0.25) is 0 Å². The molecule has 0 spiro atoms. The van der Waals surface area contributed by atoms with E-state index in [1.165, 1.54) is 12.1 Å². The molecule has 5 nitrogen and oxygen atoms in total. The fourth-order valence-corrected chi connectivity index (χ4v) is 7.44. The van der Waals surface area contributed by atoms with Crippen molar-refractivity contribution in [1.29, 1.82) is 0 Å². The Balaban J connectivity index is 1.04. The number of aromatic carboxylic acids is 1. The molecule has 0 fully saturated rings. The smallest absolute Gasteiger partial charge is 0.335 e. The molecule has 256 valence electrons. The van der Waals surface area contributed by atoms with Crippen LogP contribution in [0, 0.1) is 0 Å². The number of nitrogens with zero attached hydrogens (tertiary/aromatic N) is 1. The molecule has 1 aliphatic rings. The van der Waals surface area contributed by atoms with Gasteiger partial charge in [0.1, 0.15) is 0 Å². The lowest BCUT2D eigenvalue weighted by atomic mass is 9.97. The van der Waals surface area contributed by atoms with Crippen LogP contribution >= 0.6 is 0 Å². The number of para-hydroxylation sites is 1. The zero-order valence-corrected chi connectivity index (χ0v) is 28.9. The number of aromatic nitrogens is 1. The van der Waals surface area contributed by atoms with Gasteiger partial charge in [0, 0.05) is 27.6 Å². The maximum atomic E-state index is 13.6. The third-order valence-corrected chi connectivity index (χ3v) is 10.1. The Labute approximate surface area is 311 Å². The fourth-order valence-electron chi connectivity index (χ4n) is 7.44. The zero-order chi connectivity index (χ0) is 36.8. The van der Waals surface area contributed by atoms with Crippen LogP contribution in [-0.2, 0) is 0 Å². The lowest BCUT2D eigenvalue weighted by Crippen LogP contribution is -2.00. The van der Waals surface area contributed by atoms with Crippen molar-refractivity contribution in [2.24, 2.45) is 0 Å². The quantitative estimate of drug-likeness (QED) is 0.102. The minimum absolute atomic E-state index is 0.0972. The summed E-state index contributed by atoms with van der Waals surface area (Å²) in [6, 6.07) is 51.5. The summed E-state index contributed by atoms with van der Waals surface area (Å²) in [6.07, 6.45) is 8.03. The summed E-state index contributed by atoms with van der Waals surface area (Å²) < 4.78 is 2.23. The fraction of sp³-hybridized carbons (Fsp3) is 0. The molecule has 8 aromatic rings. The molecule has 54 heavy (non-hydrogen) atoms. The van der Waals surface area contributed by atoms with E-state index in [0.29, 0.717) is 21.9 Å². The van der Waals surface area contributed by atoms with E-state index in [1.807, 2.05) is 42.5 Å². The maximum Gasteiger partial charge on any atom is 0.335 e. The van der Waals surface area contributed by atoms with Crippen LogP contribution < -0.4 is 0 Å². The van der Waals surface area contributed by atoms with Gasteiger partial charge in [0.05, 0.1) is 22.2 Å². The monoisotopic (exact) mass is 697 g/mol. The Hall–Kier alpha value is -7.37. The van der Waals surface area contributed by atoms with E-state index in [2.05, 4.69) is 108 Å². The number of hydrogen-bond donors (Lipinski definition) is 1. The highest BCUT2D eigenvalue weighted by Crippen LogP contribution is 2.36. The number of fused-ring (bicyclic) bond motifs is 5. The third-order valence-electron chi connectivity index (χ3n) is 10.1. The average Bonchev–Trinajstić information content (AvgIpc) is 3.65. The SMILES string of the molecule is O=C(O)c1ccc2cc3c(cc2c1)C(=O)/C(=C\c1ccc2c(c1)c1ccccc1n2-c1ccc(/C=C/C=C(c2ccccc2)c2ccccc2)cc1)C3=O. The van der Waals surface area contributed by atoms with E-state index in [0.717, 1.165) is 55.3 Å². The number of hydrogen-bond acceptors (Lipinski definition) is 3. The molecule has 0 saturated carbocycles. The summed E-state index contributed by atoms with van der Waals surface area (Å²) >= 11 is 0. The molecular weight excluding hydrogens is 667 g/mol. The number of allylic oxidation sites excluding steroid dienone is 3. The van der Waals surface area contributed by atoms with Crippen molar-refractivity contribution in [3.63, 3.8) is 0 Å². The minimum atomic E-state index is -1.05. The summed E-state index contributed by atoms with van der Waals surface area (Å²) in [5.41, 5.74) is 9.21. The second-order valence-corrected chi connectivity index (χ2v) is 13.4. The Morgan fingerprint density at radius 1 is 0.537 bits per heavy atom. The average molecular weight is 698 g/mol. The number of carboxylic acids is 1.